The Kier molecular flexibility index (Phi) is 5.76. The minimum atomic E-state index is -0.143. The van der Waals surface area contributed by atoms with Gasteiger partial charge in [0, 0.05) is 23.7 Å². The quantitative estimate of drug-likeness (QED) is 0.489. The fourth-order valence-corrected chi connectivity index (χ4v) is 4.31. The van der Waals surface area contributed by atoms with Gasteiger partial charge in [0.05, 0.1) is 25.2 Å². The molecule has 0 aromatic heterocycles. The molecule has 0 fully saturated rings. The van der Waals surface area contributed by atoms with Crippen LogP contribution in [0.25, 0.3) is 10.8 Å². The summed E-state index contributed by atoms with van der Waals surface area (Å²) in [5.74, 6) is 0.770. The maximum absolute atomic E-state index is 11.4. The summed E-state index contributed by atoms with van der Waals surface area (Å²) in [6, 6.07) is 10.6. The van der Waals surface area contributed by atoms with Crippen molar-refractivity contribution in [1.82, 2.24) is 0 Å². The number of benzene rings is 2. The third-order valence-corrected chi connectivity index (χ3v) is 5.81. The van der Waals surface area contributed by atoms with Gasteiger partial charge in [0.2, 0.25) is 0 Å². The number of rotatable bonds is 7. The molecule has 2 aliphatic heterocycles. The van der Waals surface area contributed by atoms with Crippen molar-refractivity contribution in [3.05, 3.63) is 47.7 Å². The average molecular weight is 413 g/mol. The molecule has 1 N–H and O–H groups in total. The molecule has 6 heteroatoms. The van der Waals surface area contributed by atoms with Crippen LogP contribution < -0.4 is 10.1 Å². The van der Waals surface area contributed by atoms with Crippen molar-refractivity contribution in [3.63, 3.8) is 0 Å². The highest BCUT2D eigenvalue weighted by molar-refractivity contribution is 6.67. The molecule has 2 unspecified atom stereocenters. The molecular formula is C23H25ClN2O3. The largest absolute Gasteiger partial charge is 0.494 e. The number of nitrogens with zero attached hydrogens (tertiary/aromatic N) is 1. The molecule has 0 amide bonds. The molecule has 152 valence electrons. The van der Waals surface area contributed by atoms with E-state index in [1.165, 1.54) is 11.1 Å². The Morgan fingerprint density at radius 3 is 2.93 bits per heavy atom. The molecule has 0 spiro atoms. The van der Waals surface area contributed by atoms with Crippen molar-refractivity contribution in [2.75, 3.05) is 18.5 Å². The highest BCUT2D eigenvalue weighted by Crippen LogP contribution is 2.45. The molecule has 0 aliphatic carbocycles. The number of nitrogens with one attached hydrogen (secondary N) is 1. The second-order valence-electron chi connectivity index (χ2n) is 7.45. The molecule has 5 nitrogen and oxygen atoms in total. The van der Waals surface area contributed by atoms with E-state index < -0.39 is 0 Å². The Labute approximate surface area is 175 Å². The first-order valence-corrected chi connectivity index (χ1v) is 10.5. The number of hydrogen-bond acceptors (Lipinski definition) is 5. The van der Waals surface area contributed by atoms with E-state index in [0.717, 1.165) is 35.1 Å². The summed E-state index contributed by atoms with van der Waals surface area (Å²) in [6.45, 7) is 4.91. The van der Waals surface area contributed by atoms with E-state index in [-0.39, 0.29) is 17.9 Å². The molecule has 0 bridgehead atoms. The zero-order chi connectivity index (χ0) is 20.4. The second kappa shape index (κ2) is 8.46. The number of hydrogen-bond donors (Lipinski definition) is 1. The number of fused-ring (bicyclic) bond motifs is 5. The van der Waals surface area contributed by atoms with E-state index >= 15 is 0 Å². The Morgan fingerprint density at radius 1 is 1.24 bits per heavy atom. The summed E-state index contributed by atoms with van der Waals surface area (Å²) in [6.07, 6.45) is 3.87. The van der Waals surface area contributed by atoms with Gasteiger partial charge in [0.25, 0.3) is 0 Å². The lowest BCUT2D eigenvalue weighted by Gasteiger charge is -2.22. The van der Waals surface area contributed by atoms with Gasteiger partial charge in [-0.05, 0) is 61.4 Å². The molecule has 2 aliphatic rings. The van der Waals surface area contributed by atoms with Gasteiger partial charge in [0.1, 0.15) is 10.9 Å². The standard InChI is InChI=1S/C23H25ClN2O3/c1-3-28-19(27)6-4-5-11-29-16-8-10-17-15(12-16)7-9-18-20-21(26-22(17)18)14(2)13-25-23(20)24/h7-10,12-13,20-21,26H,3-6,11H2,1-2H3. The third-order valence-electron chi connectivity index (χ3n) is 5.48. The molecule has 4 rings (SSSR count). The van der Waals surface area contributed by atoms with Crippen LogP contribution in [0.3, 0.4) is 0 Å². The molecule has 0 saturated carbocycles. The first-order chi connectivity index (χ1) is 14.1. The SMILES string of the molecule is CCOC(=O)CCCCOc1ccc2c3c(ccc2c1)C1C(Cl)=NC=C(C)C1N3. The number of ether oxygens (including phenoxy) is 2. The molecular weight excluding hydrogens is 388 g/mol. The minimum absolute atomic E-state index is 0.0800. The number of anilines is 1. The van der Waals surface area contributed by atoms with Crippen LogP contribution in [-0.2, 0) is 9.53 Å². The summed E-state index contributed by atoms with van der Waals surface area (Å²) in [5, 5.41) is 6.55. The molecule has 2 aromatic rings. The summed E-state index contributed by atoms with van der Waals surface area (Å²) >= 11 is 6.42. The highest BCUT2D eigenvalue weighted by atomic mass is 35.5. The van der Waals surface area contributed by atoms with Gasteiger partial charge in [0.15, 0.2) is 0 Å². The van der Waals surface area contributed by atoms with Gasteiger partial charge < -0.3 is 14.8 Å². The van der Waals surface area contributed by atoms with Crippen LogP contribution >= 0.6 is 11.6 Å². The average Bonchev–Trinajstić information content (AvgIpc) is 3.12. The monoisotopic (exact) mass is 412 g/mol. The van der Waals surface area contributed by atoms with Gasteiger partial charge in [-0.25, -0.2) is 4.99 Å². The van der Waals surface area contributed by atoms with Crippen molar-refractivity contribution in [3.8, 4) is 5.75 Å². The number of carbonyl (C=O) groups is 1. The van der Waals surface area contributed by atoms with Crippen molar-refractivity contribution < 1.29 is 14.3 Å². The molecule has 0 radical (unpaired) electrons. The Balaban J connectivity index is 1.44. The lowest BCUT2D eigenvalue weighted by Crippen LogP contribution is -2.27. The molecule has 2 aromatic carbocycles. The predicted octanol–water partition coefficient (Wildman–Crippen LogP) is 5.38. The summed E-state index contributed by atoms with van der Waals surface area (Å²) in [4.78, 5) is 15.7. The Hall–Kier alpha value is -2.53. The van der Waals surface area contributed by atoms with Gasteiger partial charge in [-0.2, -0.15) is 0 Å². The fourth-order valence-electron chi connectivity index (χ4n) is 4.01. The minimum Gasteiger partial charge on any atom is -0.494 e. The summed E-state index contributed by atoms with van der Waals surface area (Å²) < 4.78 is 10.8. The van der Waals surface area contributed by atoms with Crippen molar-refractivity contribution in [2.45, 2.75) is 45.1 Å². The second-order valence-corrected chi connectivity index (χ2v) is 7.84. The van der Waals surface area contributed by atoms with E-state index in [4.69, 9.17) is 21.1 Å². The lowest BCUT2D eigenvalue weighted by atomic mass is 9.90. The summed E-state index contributed by atoms with van der Waals surface area (Å²) in [7, 11) is 0. The first-order valence-electron chi connectivity index (χ1n) is 10.1. The van der Waals surface area contributed by atoms with E-state index in [2.05, 4.69) is 41.5 Å². The van der Waals surface area contributed by atoms with Crippen LogP contribution in [0.4, 0.5) is 5.69 Å². The van der Waals surface area contributed by atoms with E-state index in [1.54, 1.807) is 0 Å². The molecule has 29 heavy (non-hydrogen) atoms. The zero-order valence-corrected chi connectivity index (χ0v) is 17.5. The lowest BCUT2D eigenvalue weighted by molar-refractivity contribution is -0.143. The van der Waals surface area contributed by atoms with E-state index in [1.807, 2.05) is 19.2 Å². The Morgan fingerprint density at radius 2 is 2.10 bits per heavy atom. The third kappa shape index (κ3) is 3.97. The van der Waals surface area contributed by atoms with Crippen LogP contribution in [0, 0.1) is 0 Å². The van der Waals surface area contributed by atoms with Gasteiger partial charge in [-0.15, -0.1) is 0 Å². The highest BCUT2D eigenvalue weighted by Gasteiger charge is 2.38. The van der Waals surface area contributed by atoms with E-state index in [9.17, 15) is 4.79 Å². The van der Waals surface area contributed by atoms with Crippen LogP contribution in [0.2, 0.25) is 0 Å². The smallest absolute Gasteiger partial charge is 0.305 e. The van der Waals surface area contributed by atoms with Gasteiger partial charge >= 0.3 is 5.97 Å². The maximum atomic E-state index is 11.4. The van der Waals surface area contributed by atoms with Gasteiger partial charge in [-0.3, -0.25) is 4.79 Å². The summed E-state index contributed by atoms with van der Waals surface area (Å²) in [5.41, 5.74) is 3.50. The fraction of sp³-hybridized carbons (Fsp3) is 0.391. The van der Waals surface area contributed by atoms with E-state index in [0.29, 0.717) is 24.8 Å². The molecule has 2 heterocycles. The van der Waals surface area contributed by atoms with Crippen LogP contribution in [-0.4, -0.2) is 30.4 Å². The number of carbonyl (C=O) groups excluding carboxylic acids is 1. The number of aliphatic imine (C=N–C) groups is 1. The normalized spacial score (nSPS) is 19.7. The van der Waals surface area contributed by atoms with Crippen LogP contribution in [0.5, 0.6) is 5.75 Å². The predicted molar refractivity (Wildman–Crippen MR) is 117 cm³/mol. The number of unbranched alkanes of at least 4 members (excludes halogenated alkanes) is 1. The number of halogens is 1. The first kappa shape index (κ1) is 19.8. The van der Waals surface area contributed by atoms with Crippen LogP contribution in [0.15, 0.2) is 47.1 Å². The van der Waals surface area contributed by atoms with Gasteiger partial charge in [-0.1, -0.05) is 23.7 Å². The molecule has 2 atom stereocenters. The molecule has 0 saturated heterocycles. The zero-order valence-electron chi connectivity index (χ0n) is 16.7. The van der Waals surface area contributed by atoms with Crippen molar-refractivity contribution >= 4 is 39.2 Å². The van der Waals surface area contributed by atoms with Crippen molar-refractivity contribution in [1.29, 1.82) is 0 Å². The number of esters is 1. The van der Waals surface area contributed by atoms with Crippen molar-refractivity contribution in [2.24, 2.45) is 4.99 Å². The van der Waals surface area contributed by atoms with Crippen LogP contribution in [0.1, 0.15) is 44.6 Å². The topological polar surface area (TPSA) is 59.9 Å². The maximum Gasteiger partial charge on any atom is 0.305 e. The Bertz CT molecular complexity index is 999.